The van der Waals surface area contributed by atoms with E-state index in [0.29, 0.717) is 18.8 Å². The summed E-state index contributed by atoms with van der Waals surface area (Å²) in [6.07, 6.45) is 1.74. The molecular formula is C14H18N2O4. The molecule has 0 bridgehead atoms. The molecule has 2 atom stereocenters. The van der Waals surface area contributed by atoms with Crippen LogP contribution < -0.4 is 10.6 Å². The summed E-state index contributed by atoms with van der Waals surface area (Å²) in [5.74, 6) is -1.09. The molecule has 0 radical (unpaired) electrons. The average molecular weight is 278 g/mol. The highest BCUT2D eigenvalue weighted by Gasteiger charge is 2.23. The van der Waals surface area contributed by atoms with Crippen molar-refractivity contribution in [3.05, 3.63) is 35.9 Å². The lowest BCUT2D eigenvalue weighted by Crippen LogP contribution is -2.47. The van der Waals surface area contributed by atoms with E-state index in [1.54, 1.807) is 30.3 Å². The molecule has 2 amide bonds. The van der Waals surface area contributed by atoms with E-state index in [0.717, 1.165) is 12.8 Å². The van der Waals surface area contributed by atoms with Crippen LogP contribution in [0.25, 0.3) is 0 Å². The summed E-state index contributed by atoms with van der Waals surface area (Å²) in [5.41, 5.74) is 0.537. The van der Waals surface area contributed by atoms with E-state index in [2.05, 4.69) is 10.6 Å². The number of rotatable bonds is 4. The smallest absolute Gasteiger partial charge is 0.330 e. The molecule has 0 saturated carbocycles. The molecule has 1 unspecified atom stereocenters. The third kappa shape index (κ3) is 3.96. The number of hydrogen-bond donors (Lipinski definition) is 3. The molecule has 1 aromatic rings. The molecule has 1 aliphatic heterocycles. The van der Waals surface area contributed by atoms with Gasteiger partial charge >= 0.3 is 12.0 Å². The molecule has 0 aromatic heterocycles. The summed E-state index contributed by atoms with van der Waals surface area (Å²) >= 11 is 0. The highest BCUT2D eigenvalue weighted by molar-refractivity contribution is 5.83. The van der Waals surface area contributed by atoms with E-state index in [1.807, 2.05) is 0 Å². The fraction of sp³-hybridized carbons (Fsp3) is 0.429. The van der Waals surface area contributed by atoms with Gasteiger partial charge < -0.3 is 20.5 Å². The number of carboxylic acid groups (broad SMARTS) is 1. The number of ether oxygens (including phenoxy) is 1. The van der Waals surface area contributed by atoms with Crippen molar-refractivity contribution in [2.24, 2.45) is 0 Å². The third-order valence-corrected chi connectivity index (χ3v) is 3.15. The van der Waals surface area contributed by atoms with Gasteiger partial charge in [-0.3, -0.25) is 0 Å². The summed E-state index contributed by atoms with van der Waals surface area (Å²) in [6.45, 7) is 1.18. The molecule has 2 rings (SSSR count). The van der Waals surface area contributed by atoms with Crippen LogP contribution >= 0.6 is 0 Å². The molecular weight excluding hydrogens is 260 g/mol. The van der Waals surface area contributed by atoms with Crippen molar-refractivity contribution in [2.75, 3.05) is 13.2 Å². The highest BCUT2D eigenvalue weighted by Crippen LogP contribution is 2.13. The number of aliphatic carboxylic acids is 1. The van der Waals surface area contributed by atoms with Crippen LogP contribution in [0.5, 0.6) is 0 Å². The SMILES string of the molecule is O=C(NC1CCCOC1)N[C@@H](C(=O)O)c1ccccc1. The van der Waals surface area contributed by atoms with Crippen molar-refractivity contribution in [3.63, 3.8) is 0 Å². The van der Waals surface area contributed by atoms with Crippen molar-refractivity contribution in [1.82, 2.24) is 10.6 Å². The number of carbonyl (C=O) groups excluding carboxylic acids is 1. The minimum atomic E-state index is -1.09. The van der Waals surface area contributed by atoms with Crippen LogP contribution in [-0.4, -0.2) is 36.4 Å². The van der Waals surface area contributed by atoms with Crippen molar-refractivity contribution in [3.8, 4) is 0 Å². The highest BCUT2D eigenvalue weighted by atomic mass is 16.5. The molecule has 6 nitrogen and oxygen atoms in total. The van der Waals surface area contributed by atoms with Gasteiger partial charge in [0.25, 0.3) is 0 Å². The lowest BCUT2D eigenvalue weighted by molar-refractivity contribution is -0.139. The quantitative estimate of drug-likeness (QED) is 0.774. The zero-order valence-corrected chi connectivity index (χ0v) is 11.0. The van der Waals surface area contributed by atoms with Gasteiger partial charge in [0.15, 0.2) is 6.04 Å². The Morgan fingerprint density at radius 1 is 1.30 bits per heavy atom. The average Bonchev–Trinajstić information content (AvgIpc) is 2.46. The van der Waals surface area contributed by atoms with Crippen LogP contribution in [0.4, 0.5) is 4.79 Å². The molecule has 108 valence electrons. The molecule has 20 heavy (non-hydrogen) atoms. The molecule has 6 heteroatoms. The van der Waals surface area contributed by atoms with E-state index in [4.69, 9.17) is 4.74 Å². The van der Waals surface area contributed by atoms with Gasteiger partial charge in [-0.05, 0) is 18.4 Å². The number of benzene rings is 1. The lowest BCUT2D eigenvalue weighted by Gasteiger charge is -2.24. The molecule has 1 heterocycles. The molecule has 1 saturated heterocycles. The first-order chi connectivity index (χ1) is 9.66. The Kier molecular flexibility index (Phi) is 4.95. The molecule has 1 aliphatic rings. The van der Waals surface area contributed by atoms with Gasteiger partial charge in [-0.2, -0.15) is 0 Å². The number of amides is 2. The summed E-state index contributed by atoms with van der Waals surface area (Å²) in [4.78, 5) is 23.1. The molecule has 0 aliphatic carbocycles. The maximum atomic E-state index is 11.9. The minimum absolute atomic E-state index is 0.0611. The van der Waals surface area contributed by atoms with Crippen molar-refractivity contribution >= 4 is 12.0 Å². The summed E-state index contributed by atoms with van der Waals surface area (Å²) < 4.78 is 5.26. The fourth-order valence-electron chi connectivity index (χ4n) is 2.15. The number of urea groups is 1. The van der Waals surface area contributed by atoms with Crippen LogP contribution in [-0.2, 0) is 9.53 Å². The second-order valence-electron chi connectivity index (χ2n) is 4.71. The fourth-order valence-corrected chi connectivity index (χ4v) is 2.15. The van der Waals surface area contributed by atoms with Gasteiger partial charge in [0.2, 0.25) is 0 Å². The first kappa shape index (κ1) is 14.3. The normalized spacial score (nSPS) is 19.9. The number of carbonyl (C=O) groups is 2. The van der Waals surface area contributed by atoms with E-state index in [1.165, 1.54) is 0 Å². The standard InChI is InChI=1S/C14H18N2O4/c17-13(18)12(10-5-2-1-3-6-10)16-14(19)15-11-7-4-8-20-9-11/h1-3,5-6,11-12H,4,7-9H2,(H,17,18)(H2,15,16,19)/t11?,12-/m1/s1. The van der Waals surface area contributed by atoms with Gasteiger partial charge in [0.05, 0.1) is 12.6 Å². The predicted octanol–water partition coefficient (Wildman–Crippen LogP) is 1.29. The van der Waals surface area contributed by atoms with Gasteiger partial charge in [-0.25, -0.2) is 9.59 Å². The zero-order valence-electron chi connectivity index (χ0n) is 11.0. The van der Waals surface area contributed by atoms with Crippen molar-refractivity contribution in [2.45, 2.75) is 24.9 Å². The van der Waals surface area contributed by atoms with E-state index >= 15 is 0 Å². The summed E-state index contributed by atoms with van der Waals surface area (Å²) in [5, 5.41) is 14.4. The molecule has 3 N–H and O–H groups in total. The minimum Gasteiger partial charge on any atom is -0.479 e. The van der Waals surface area contributed by atoms with Gasteiger partial charge in [0.1, 0.15) is 0 Å². The van der Waals surface area contributed by atoms with Crippen molar-refractivity contribution in [1.29, 1.82) is 0 Å². The Hall–Kier alpha value is -2.08. The molecule has 1 aromatic carbocycles. The van der Waals surface area contributed by atoms with E-state index in [9.17, 15) is 14.7 Å². The Bertz CT molecular complexity index is 458. The second-order valence-corrected chi connectivity index (χ2v) is 4.71. The Labute approximate surface area is 117 Å². The maximum absolute atomic E-state index is 11.9. The Morgan fingerprint density at radius 2 is 2.05 bits per heavy atom. The molecule has 0 spiro atoms. The van der Waals surface area contributed by atoms with Crippen LogP contribution in [0.15, 0.2) is 30.3 Å². The van der Waals surface area contributed by atoms with E-state index in [-0.39, 0.29) is 6.04 Å². The van der Waals surface area contributed by atoms with Crippen LogP contribution in [0.2, 0.25) is 0 Å². The third-order valence-electron chi connectivity index (χ3n) is 3.15. The monoisotopic (exact) mass is 278 g/mol. The topological polar surface area (TPSA) is 87.7 Å². The van der Waals surface area contributed by atoms with Crippen LogP contribution in [0, 0.1) is 0 Å². The number of hydrogen-bond acceptors (Lipinski definition) is 3. The molecule has 1 fully saturated rings. The van der Waals surface area contributed by atoms with Crippen LogP contribution in [0.3, 0.4) is 0 Å². The number of carboxylic acids is 1. The van der Waals surface area contributed by atoms with Gasteiger partial charge in [-0.15, -0.1) is 0 Å². The first-order valence-corrected chi connectivity index (χ1v) is 6.59. The van der Waals surface area contributed by atoms with E-state index < -0.39 is 18.0 Å². The Balaban J connectivity index is 1.94. The largest absolute Gasteiger partial charge is 0.479 e. The Morgan fingerprint density at radius 3 is 2.65 bits per heavy atom. The van der Waals surface area contributed by atoms with Crippen LogP contribution in [0.1, 0.15) is 24.4 Å². The number of nitrogens with one attached hydrogen (secondary N) is 2. The van der Waals surface area contributed by atoms with Gasteiger partial charge in [-0.1, -0.05) is 30.3 Å². The summed E-state index contributed by atoms with van der Waals surface area (Å²) in [6, 6.07) is 7.00. The van der Waals surface area contributed by atoms with Crippen molar-refractivity contribution < 1.29 is 19.4 Å². The first-order valence-electron chi connectivity index (χ1n) is 6.59. The maximum Gasteiger partial charge on any atom is 0.330 e. The zero-order chi connectivity index (χ0) is 14.4. The second kappa shape index (κ2) is 6.91. The lowest BCUT2D eigenvalue weighted by atomic mass is 10.1. The predicted molar refractivity (Wildman–Crippen MR) is 72.3 cm³/mol. The van der Waals surface area contributed by atoms with Gasteiger partial charge in [0, 0.05) is 6.61 Å². The summed E-state index contributed by atoms with van der Waals surface area (Å²) in [7, 11) is 0.